The number of hydrogen-bond acceptors (Lipinski definition) is 6. The molecule has 0 N–H and O–H groups in total. The lowest BCUT2D eigenvalue weighted by Gasteiger charge is -2.15. The van der Waals surface area contributed by atoms with E-state index >= 15 is 0 Å². The number of carbonyl (C=O) groups excluding carboxylic acids is 1. The van der Waals surface area contributed by atoms with Crippen molar-refractivity contribution in [1.82, 2.24) is 0 Å². The van der Waals surface area contributed by atoms with Gasteiger partial charge in [-0.05, 0) is 58.7 Å². The largest absolute Gasteiger partial charge is 0.457 e. The highest BCUT2D eigenvalue weighted by Gasteiger charge is 2.31. The molecule has 134 valence electrons. The van der Waals surface area contributed by atoms with Gasteiger partial charge in [-0.15, -0.1) is 0 Å². The van der Waals surface area contributed by atoms with E-state index in [1.54, 1.807) is 0 Å². The minimum absolute atomic E-state index is 0.200. The van der Waals surface area contributed by atoms with E-state index in [-0.39, 0.29) is 26.2 Å². The Bertz CT molecular complexity index is 1160. The first-order valence-corrected chi connectivity index (χ1v) is 8.66. The molecule has 0 amide bonds. The zero-order valence-electron chi connectivity index (χ0n) is 14.5. The van der Waals surface area contributed by atoms with E-state index in [1.807, 2.05) is 37.3 Å². The van der Waals surface area contributed by atoms with Crippen LogP contribution in [0.5, 0.6) is 23.0 Å². The minimum Gasteiger partial charge on any atom is -0.457 e. The number of fused-ring (bicyclic) bond motifs is 4. The summed E-state index contributed by atoms with van der Waals surface area (Å²) in [6, 6.07) is 9.73. The Kier molecular flexibility index (Phi) is 2.76. The van der Waals surface area contributed by atoms with E-state index in [0.29, 0.717) is 22.8 Å². The van der Waals surface area contributed by atoms with Gasteiger partial charge < -0.3 is 23.7 Å². The summed E-state index contributed by atoms with van der Waals surface area (Å²) in [5.41, 5.74) is 4.31. The van der Waals surface area contributed by atoms with Gasteiger partial charge in [-0.3, -0.25) is 0 Å². The Hall–Kier alpha value is -3.41. The maximum atomic E-state index is 12.4. The Balaban J connectivity index is 1.73. The third-order valence-electron chi connectivity index (χ3n) is 5.38. The van der Waals surface area contributed by atoms with Crippen molar-refractivity contribution in [3.8, 4) is 34.1 Å². The molecule has 6 rings (SSSR count). The van der Waals surface area contributed by atoms with Crippen molar-refractivity contribution in [2.45, 2.75) is 13.5 Å². The van der Waals surface area contributed by atoms with Crippen molar-refractivity contribution in [2.24, 2.45) is 0 Å². The predicted octanol–water partition coefficient (Wildman–Crippen LogP) is 3.94. The fraction of sp³-hybridized carbons (Fsp3) is 0.190. The molecule has 3 heterocycles. The van der Waals surface area contributed by atoms with E-state index in [4.69, 9.17) is 23.7 Å². The van der Waals surface area contributed by atoms with Crippen LogP contribution in [0.2, 0.25) is 0 Å². The zero-order chi connectivity index (χ0) is 18.1. The van der Waals surface area contributed by atoms with Crippen LogP contribution in [0.3, 0.4) is 0 Å². The second-order valence-electron chi connectivity index (χ2n) is 6.75. The highest BCUT2D eigenvalue weighted by atomic mass is 16.7. The van der Waals surface area contributed by atoms with Crippen LogP contribution in [-0.2, 0) is 11.3 Å². The molecule has 0 saturated carbocycles. The van der Waals surface area contributed by atoms with E-state index in [0.717, 1.165) is 38.8 Å². The van der Waals surface area contributed by atoms with Crippen LogP contribution in [0, 0.1) is 6.92 Å². The van der Waals surface area contributed by atoms with Crippen LogP contribution in [-0.4, -0.2) is 19.6 Å². The molecule has 0 bridgehead atoms. The van der Waals surface area contributed by atoms with Gasteiger partial charge in [0.2, 0.25) is 13.6 Å². The van der Waals surface area contributed by atoms with Gasteiger partial charge in [0.15, 0.2) is 23.0 Å². The molecule has 0 radical (unpaired) electrons. The van der Waals surface area contributed by atoms with Crippen LogP contribution in [0.15, 0.2) is 30.3 Å². The van der Waals surface area contributed by atoms with E-state index in [9.17, 15) is 4.79 Å². The van der Waals surface area contributed by atoms with Gasteiger partial charge >= 0.3 is 5.97 Å². The van der Waals surface area contributed by atoms with E-state index in [1.165, 1.54) is 0 Å². The number of rotatable bonds is 1. The second kappa shape index (κ2) is 5.07. The summed E-state index contributed by atoms with van der Waals surface area (Å²) in [4.78, 5) is 12.4. The molecule has 0 saturated heterocycles. The van der Waals surface area contributed by atoms with Crippen molar-refractivity contribution in [3.63, 3.8) is 0 Å². The van der Waals surface area contributed by atoms with Crippen LogP contribution < -0.4 is 18.9 Å². The molecular weight excluding hydrogens is 348 g/mol. The SMILES string of the molecule is Cc1c2c(c(-c3ccc4c(c3)OCO4)c3cc4c(cc13)OCO4)COC2=O. The van der Waals surface area contributed by atoms with E-state index < -0.39 is 0 Å². The Morgan fingerprint density at radius 1 is 0.741 bits per heavy atom. The van der Waals surface area contributed by atoms with Crippen molar-refractivity contribution in [1.29, 1.82) is 0 Å². The number of ether oxygens (including phenoxy) is 5. The Labute approximate surface area is 154 Å². The highest BCUT2D eigenvalue weighted by Crippen LogP contribution is 2.47. The van der Waals surface area contributed by atoms with Gasteiger partial charge in [-0.2, -0.15) is 0 Å². The number of esters is 1. The number of cyclic esters (lactones) is 1. The van der Waals surface area contributed by atoms with E-state index in [2.05, 4.69) is 0 Å². The first-order chi connectivity index (χ1) is 13.2. The molecule has 27 heavy (non-hydrogen) atoms. The van der Waals surface area contributed by atoms with Crippen molar-refractivity contribution >= 4 is 16.7 Å². The molecule has 6 nitrogen and oxygen atoms in total. The van der Waals surface area contributed by atoms with Gasteiger partial charge in [0.05, 0.1) is 5.56 Å². The number of hydrogen-bond donors (Lipinski definition) is 0. The summed E-state index contributed by atoms with van der Waals surface area (Å²) < 4.78 is 27.5. The molecule has 0 fully saturated rings. The average Bonchev–Trinajstić information content (AvgIpc) is 3.39. The smallest absolute Gasteiger partial charge is 0.339 e. The maximum Gasteiger partial charge on any atom is 0.339 e. The number of benzene rings is 3. The Morgan fingerprint density at radius 3 is 2.19 bits per heavy atom. The molecule has 0 spiro atoms. The summed E-state index contributed by atoms with van der Waals surface area (Å²) in [6.45, 7) is 2.61. The van der Waals surface area contributed by atoms with Gasteiger partial charge in [-0.25, -0.2) is 4.79 Å². The lowest BCUT2D eigenvalue weighted by atomic mass is 9.87. The maximum absolute atomic E-state index is 12.4. The molecule has 6 heteroatoms. The van der Waals surface area contributed by atoms with Gasteiger partial charge in [0.1, 0.15) is 6.61 Å². The monoisotopic (exact) mass is 362 g/mol. The molecule has 3 aromatic carbocycles. The van der Waals surface area contributed by atoms with Gasteiger partial charge in [0, 0.05) is 5.56 Å². The zero-order valence-corrected chi connectivity index (χ0v) is 14.5. The van der Waals surface area contributed by atoms with Crippen molar-refractivity contribution in [3.05, 3.63) is 47.0 Å². The molecule has 3 aromatic rings. The first kappa shape index (κ1) is 14.7. The summed E-state index contributed by atoms with van der Waals surface area (Å²) >= 11 is 0. The standard InChI is InChI=1S/C21H14O6/c1-10-12-5-17-18(27-9-26-17)6-13(12)20(14-7-23-21(22)19(10)14)11-2-3-15-16(4-11)25-8-24-15/h2-6H,7-9H2,1H3. The summed E-state index contributed by atoms with van der Waals surface area (Å²) in [5, 5.41) is 1.94. The molecule has 0 aromatic heterocycles. The Morgan fingerprint density at radius 2 is 1.41 bits per heavy atom. The highest BCUT2D eigenvalue weighted by molar-refractivity contribution is 6.10. The topological polar surface area (TPSA) is 63.2 Å². The quantitative estimate of drug-likeness (QED) is 0.611. The second-order valence-corrected chi connectivity index (χ2v) is 6.75. The molecule has 3 aliphatic heterocycles. The lowest BCUT2D eigenvalue weighted by Crippen LogP contribution is -2.00. The summed E-state index contributed by atoms with van der Waals surface area (Å²) in [6.07, 6.45) is 0. The summed E-state index contributed by atoms with van der Waals surface area (Å²) in [7, 11) is 0. The number of aryl methyl sites for hydroxylation is 1. The number of carbonyl (C=O) groups is 1. The molecular formula is C21H14O6. The lowest BCUT2D eigenvalue weighted by molar-refractivity contribution is 0.0535. The predicted molar refractivity (Wildman–Crippen MR) is 95.5 cm³/mol. The van der Waals surface area contributed by atoms with Crippen molar-refractivity contribution < 1.29 is 28.5 Å². The van der Waals surface area contributed by atoms with Gasteiger partial charge in [-0.1, -0.05) is 6.07 Å². The van der Waals surface area contributed by atoms with Crippen molar-refractivity contribution in [2.75, 3.05) is 13.6 Å². The average molecular weight is 362 g/mol. The molecule has 0 aliphatic carbocycles. The van der Waals surface area contributed by atoms with Crippen LogP contribution in [0.25, 0.3) is 21.9 Å². The van der Waals surface area contributed by atoms with Crippen LogP contribution in [0.4, 0.5) is 0 Å². The fourth-order valence-electron chi connectivity index (χ4n) is 4.12. The molecule has 0 unspecified atom stereocenters. The minimum atomic E-state index is -0.288. The normalized spacial score (nSPS) is 16.0. The molecule has 3 aliphatic rings. The van der Waals surface area contributed by atoms with Crippen LogP contribution in [0.1, 0.15) is 21.5 Å². The van der Waals surface area contributed by atoms with Crippen LogP contribution >= 0.6 is 0 Å². The molecule has 0 atom stereocenters. The third kappa shape index (κ3) is 1.92. The van der Waals surface area contributed by atoms with Gasteiger partial charge in [0.25, 0.3) is 0 Å². The summed E-state index contributed by atoms with van der Waals surface area (Å²) in [5.74, 6) is 2.52. The third-order valence-corrected chi connectivity index (χ3v) is 5.38. The first-order valence-electron chi connectivity index (χ1n) is 8.66. The fourth-order valence-corrected chi connectivity index (χ4v) is 4.12.